The van der Waals surface area contributed by atoms with Crippen molar-refractivity contribution in [1.29, 1.82) is 0 Å². The number of piperidine rings is 1. The number of fused-ring (bicyclic) bond motifs is 2. The van der Waals surface area contributed by atoms with E-state index in [9.17, 15) is 0 Å². The first-order valence-electron chi connectivity index (χ1n) is 9.21. The maximum Gasteiger partial charge on any atom is 0.206 e. The van der Waals surface area contributed by atoms with Gasteiger partial charge in [0.15, 0.2) is 11.3 Å². The molecule has 0 aliphatic carbocycles. The first-order chi connectivity index (χ1) is 13.6. The Labute approximate surface area is 166 Å². The summed E-state index contributed by atoms with van der Waals surface area (Å²) in [6.45, 7) is 3.86. The molecule has 4 aromatic rings. The summed E-state index contributed by atoms with van der Waals surface area (Å²) in [6.07, 6.45) is 7.03. The zero-order chi connectivity index (χ0) is 19.1. The summed E-state index contributed by atoms with van der Waals surface area (Å²) >= 11 is 1.54. The number of anilines is 1. The molecule has 0 radical (unpaired) electrons. The second-order valence-electron chi connectivity index (χ2n) is 7.40. The van der Waals surface area contributed by atoms with Crippen molar-refractivity contribution in [1.82, 2.24) is 29.9 Å². The Hall–Kier alpha value is -2.78. The Morgan fingerprint density at radius 3 is 2.86 bits per heavy atom. The van der Waals surface area contributed by atoms with Gasteiger partial charge in [0.2, 0.25) is 5.95 Å². The third kappa shape index (κ3) is 3.27. The van der Waals surface area contributed by atoms with E-state index in [0.29, 0.717) is 11.3 Å². The normalized spacial score (nSPS) is 16.7. The van der Waals surface area contributed by atoms with Gasteiger partial charge in [0.05, 0.1) is 11.7 Å². The largest absolute Gasteiger partial charge is 0.342 e. The van der Waals surface area contributed by atoms with Crippen LogP contribution in [0.25, 0.3) is 22.2 Å². The molecule has 4 heterocycles. The van der Waals surface area contributed by atoms with Crippen molar-refractivity contribution >= 4 is 39.9 Å². The van der Waals surface area contributed by atoms with Crippen LogP contribution in [-0.2, 0) is 0 Å². The van der Waals surface area contributed by atoms with Crippen molar-refractivity contribution in [2.24, 2.45) is 5.73 Å². The highest BCUT2D eigenvalue weighted by atomic mass is 32.2. The van der Waals surface area contributed by atoms with Gasteiger partial charge in [-0.05, 0) is 31.9 Å². The third-order valence-corrected chi connectivity index (χ3v) is 6.09. The minimum atomic E-state index is -0.0923. The molecule has 9 heteroatoms. The highest BCUT2D eigenvalue weighted by molar-refractivity contribution is 7.99. The van der Waals surface area contributed by atoms with Gasteiger partial charge in [-0.15, -0.1) is 0 Å². The standard InChI is InChI=1S/C19H20N8S/c1-19(20)5-7-27(8-6-19)18-25-16-17(26-18)24-15(10-22-16)28-14-4-2-3-13-12(14)9-21-11-23-13/h2-4,9-11H,5-8,20H2,1H3,(H,22,24,25,26). The van der Waals surface area contributed by atoms with Crippen molar-refractivity contribution in [2.75, 3.05) is 18.0 Å². The Kier molecular flexibility index (Phi) is 4.13. The van der Waals surface area contributed by atoms with Crippen LogP contribution in [0.4, 0.5) is 5.95 Å². The van der Waals surface area contributed by atoms with Gasteiger partial charge in [-0.1, -0.05) is 17.8 Å². The number of imidazole rings is 1. The number of rotatable bonds is 3. The molecular formula is C19H20N8S. The average Bonchev–Trinajstić information content (AvgIpc) is 3.11. The van der Waals surface area contributed by atoms with Gasteiger partial charge < -0.3 is 15.6 Å². The molecule has 0 bridgehead atoms. The van der Waals surface area contributed by atoms with Crippen LogP contribution < -0.4 is 10.6 Å². The summed E-state index contributed by atoms with van der Waals surface area (Å²) in [4.78, 5) is 28.9. The molecule has 5 rings (SSSR count). The van der Waals surface area contributed by atoms with Gasteiger partial charge in [0, 0.05) is 35.1 Å². The number of nitrogens with zero attached hydrogens (tertiary/aromatic N) is 6. The second-order valence-corrected chi connectivity index (χ2v) is 8.46. The first-order valence-corrected chi connectivity index (χ1v) is 10.0. The Bertz CT molecular complexity index is 1140. The molecule has 0 atom stereocenters. The van der Waals surface area contributed by atoms with E-state index in [1.54, 1.807) is 12.5 Å². The summed E-state index contributed by atoms with van der Waals surface area (Å²) in [7, 11) is 0. The van der Waals surface area contributed by atoms with Gasteiger partial charge in [0.1, 0.15) is 11.4 Å². The lowest BCUT2D eigenvalue weighted by molar-refractivity contribution is 0.362. The Morgan fingerprint density at radius 2 is 2.00 bits per heavy atom. The van der Waals surface area contributed by atoms with E-state index in [-0.39, 0.29) is 5.54 Å². The van der Waals surface area contributed by atoms with E-state index in [1.807, 2.05) is 24.4 Å². The number of aromatic amines is 1. The van der Waals surface area contributed by atoms with Gasteiger partial charge >= 0.3 is 0 Å². The molecule has 1 fully saturated rings. The van der Waals surface area contributed by atoms with Gasteiger partial charge in [-0.25, -0.2) is 19.9 Å². The van der Waals surface area contributed by atoms with Crippen LogP contribution in [0.15, 0.2) is 46.8 Å². The van der Waals surface area contributed by atoms with Gasteiger partial charge in [0.25, 0.3) is 0 Å². The van der Waals surface area contributed by atoms with Crippen LogP contribution in [0, 0.1) is 0 Å². The van der Waals surface area contributed by atoms with E-state index in [0.717, 1.165) is 52.7 Å². The molecular weight excluding hydrogens is 372 g/mol. The molecule has 0 spiro atoms. The number of nitrogens with two attached hydrogens (primary N) is 1. The third-order valence-electron chi connectivity index (χ3n) is 5.10. The molecule has 0 unspecified atom stereocenters. The number of benzene rings is 1. The molecule has 142 valence electrons. The molecule has 8 nitrogen and oxygen atoms in total. The van der Waals surface area contributed by atoms with Crippen LogP contribution in [0.5, 0.6) is 0 Å². The predicted molar refractivity (Wildman–Crippen MR) is 109 cm³/mol. The molecule has 1 saturated heterocycles. The molecule has 0 amide bonds. The zero-order valence-corrected chi connectivity index (χ0v) is 16.3. The van der Waals surface area contributed by atoms with Crippen LogP contribution in [0.3, 0.4) is 0 Å². The number of hydrogen-bond acceptors (Lipinski definition) is 8. The first kappa shape index (κ1) is 17.3. The molecule has 1 aliphatic rings. The summed E-state index contributed by atoms with van der Waals surface area (Å²) in [5.74, 6) is 0.811. The molecule has 3 N–H and O–H groups in total. The molecule has 1 aromatic carbocycles. The minimum Gasteiger partial charge on any atom is -0.342 e. The smallest absolute Gasteiger partial charge is 0.206 e. The van der Waals surface area contributed by atoms with Gasteiger partial charge in [-0.2, -0.15) is 4.98 Å². The summed E-state index contributed by atoms with van der Waals surface area (Å²) in [5, 5.41) is 1.79. The number of nitrogens with one attached hydrogen (secondary N) is 1. The monoisotopic (exact) mass is 392 g/mol. The second kappa shape index (κ2) is 6.68. The lowest BCUT2D eigenvalue weighted by atomic mass is 9.91. The predicted octanol–water partition coefficient (Wildman–Crippen LogP) is 2.76. The topological polar surface area (TPSA) is 110 Å². The summed E-state index contributed by atoms with van der Waals surface area (Å²) in [6, 6.07) is 5.99. The number of aromatic nitrogens is 6. The fourth-order valence-corrected chi connectivity index (χ4v) is 4.25. The van der Waals surface area contributed by atoms with Crippen molar-refractivity contribution in [3.63, 3.8) is 0 Å². The summed E-state index contributed by atoms with van der Waals surface area (Å²) < 4.78 is 0. The lowest BCUT2D eigenvalue weighted by Gasteiger charge is -2.36. The number of H-pyrrole nitrogens is 1. The van der Waals surface area contributed by atoms with Crippen molar-refractivity contribution < 1.29 is 0 Å². The van der Waals surface area contributed by atoms with E-state index >= 15 is 0 Å². The van der Waals surface area contributed by atoms with Gasteiger partial charge in [-0.3, -0.25) is 0 Å². The summed E-state index contributed by atoms with van der Waals surface area (Å²) in [5.41, 5.74) is 8.37. The highest BCUT2D eigenvalue weighted by Crippen LogP contribution is 2.32. The zero-order valence-electron chi connectivity index (χ0n) is 15.5. The Balaban J connectivity index is 1.42. The SMILES string of the molecule is CC1(N)CCN(c2nc3nc(Sc4cccc5ncncc45)cnc3[nH]2)CC1. The van der Waals surface area contributed by atoms with E-state index < -0.39 is 0 Å². The number of hydrogen-bond donors (Lipinski definition) is 2. The average molecular weight is 392 g/mol. The van der Waals surface area contributed by atoms with Crippen LogP contribution in [0.2, 0.25) is 0 Å². The maximum atomic E-state index is 6.23. The Morgan fingerprint density at radius 1 is 1.14 bits per heavy atom. The van der Waals surface area contributed by atoms with Crippen LogP contribution in [0.1, 0.15) is 19.8 Å². The van der Waals surface area contributed by atoms with Crippen LogP contribution in [-0.4, -0.2) is 48.5 Å². The maximum absolute atomic E-state index is 6.23. The highest BCUT2D eigenvalue weighted by Gasteiger charge is 2.27. The van der Waals surface area contributed by atoms with Crippen molar-refractivity contribution in [3.8, 4) is 0 Å². The fourth-order valence-electron chi connectivity index (χ4n) is 3.37. The van der Waals surface area contributed by atoms with Crippen molar-refractivity contribution in [3.05, 3.63) is 36.9 Å². The van der Waals surface area contributed by atoms with E-state index in [4.69, 9.17) is 5.73 Å². The fraction of sp³-hybridized carbons (Fsp3) is 0.316. The minimum absolute atomic E-state index is 0.0923. The van der Waals surface area contributed by atoms with Crippen molar-refractivity contribution in [2.45, 2.75) is 35.2 Å². The molecule has 0 saturated carbocycles. The van der Waals surface area contributed by atoms with E-state index in [2.05, 4.69) is 41.7 Å². The quantitative estimate of drug-likeness (QED) is 0.548. The van der Waals surface area contributed by atoms with Crippen LogP contribution >= 0.6 is 11.8 Å². The lowest BCUT2D eigenvalue weighted by Crippen LogP contribution is -2.48. The molecule has 28 heavy (non-hydrogen) atoms. The molecule has 1 aliphatic heterocycles. The van der Waals surface area contributed by atoms with E-state index in [1.165, 1.54) is 11.8 Å². The molecule has 3 aromatic heterocycles.